The maximum atomic E-state index is 14.8. The van der Waals surface area contributed by atoms with Crippen molar-refractivity contribution in [2.45, 2.75) is 19.8 Å². The highest BCUT2D eigenvalue weighted by Crippen LogP contribution is 2.31. The van der Waals surface area contributed by atoms with Crippen molar-refractivity contribution >= 4 is 23.1 Å². The molecule has 37 heavy (non-hydrogen) atoms. The molecule has 8 nitrogen and oxygen atoms in total. The van der Waals surface area contributed by atoms with Crippen molar-refractivity contribution in [1.29, 1.82) is 0 Å². The van der Waals surface area contributed by atoms with E-state index in [1.54, 1.807) is 22.9 Å². The maximum absolute atomic E-state index is 14.8. The number of imidazole rings is 1. The first-order chi connectivity index (χ1) is 18.0. The summed E-state index contributed by atoms with van der Waals surface area (Å²) in [6.45, 7) is 4.57. The van der Waals surface area contributed by atoms with Crippen LogP contribution in [0.15, 0.2) is 48.9 Å². The van der Waals surface area contributed by atoms with Crippen molar-refractivity contribution in [1.82, 2.24) is 25.0 Å². The Morgan fingerprint density at radius 3 is 2.84 bits per heavy atom. The summed E-state index contributed by atoms with van der Waals surface area (Å²) in [5.41, 5.74) is 3.15. The molecule has 3 N–H and O–H groups in total. The van der Waals surface area contributed by atoms with E-state index in [2.05, 4.69) is 25.9 Å². The molecule has 192 valence electrons. The van der Waals surface area contributed by atoms with Crippen LogP contribution in [0.25, 0.3) is 16.9 Å². The largest absolute Gasteiger partial charge is 0.494 e. The lowest BCUT2D eigenvalue weighted by atomic mass is 10.0. The molecule has 3 heterocycles. The molecule has 0 saturated carbocycles. The standard InChI is InChI=1S/C27H28F2N6O2/c1-3-17-12-18(4-5-19(17)27(36)33-14-16-8-9-30-13-16)34-25-26-32-15-21(35(26)11-10-31-25)20-6-7-22(37-2)24(29)23(20)28/h4-7,10-12,15-16,30H,3,8-9,13-14H2,1-2H3,(H,31,34)(H,33,36)/t16-/m1/s1. The minimum atomic E-state index is -1.06. The average molecular weight is 507 g/mol. The smallest absolute Gasteiger partial charge is 0.251 e. The van der Waals surface area contributed by atoms with Crippen LogP contribution in [0, 0.1) is 17.6 Å². The number of carbonyl (C=O) groups excluding carboxylic acids is 1. The topological polar surface area (TPSA) is 92.6 Å². The molecule has 1 fully saturated rings. The number of carbonyl (C=O) groups is 1. The van der Waals surface area contributed by atoms with Gasteiger partial charge in [-0.1, -0.05) is 6.92 Å². The van der Waals surface area contributed by atoms with Crippen molar-refractivity contribution in [3.63, 3.8) is 0 Å². The third kappa shape index (κ3) is 4.84. The highest BCUT2D eigenvalue weighted by atomic mass is 19.2. The zero-order valence-electron chi connectivity index (χ0n) is 20.6. The average Bonchev–Trinajstić information content (AvgIpc) is 3.59. The number of hydrogen-bond donors (Lipinski definition) is 3. The molecule has 0 spiro atoms. The normalized spacial score (nSPS) is 15.2. The minimum absolute atomic E-state index is 0.0555. The van der Waals surface area contributed by atoms with Gasteiger partial charge in [0.2, 0.25) is 5.82 Å². The van der Waals surface area contributed by atoms with Crippen LogP contribution >= 0.6 is 0 Å². The van der Waals surface area contributed by atoms with Gasteiger partial charge in [0, 0.05) is 35.8 Å². The van der Waals surface area contributed by atoms with Crippen LogP contribution in [-0.4, -0.2) is 47.0 Å². The van der Waals surface area contributed by atoms with Gasteiger partial charge in [-0.3, -0.25) is 9.20 Å². The van der Waals surface area contributed by atoms with Gasteiger partial charge < -0.3 is 20.7 Å². The molecule has 5 rings (SSSR count). The molecule has 10 heteroatoms. The van der Waals surface area contributed by atoms with Gasteiger partial charge in [-0.05, 0) is 67.7 Å². The second-order valence-electron chi connectivity index (χ2n) is 8.98. The number of methoxy groups -OCH3 is 1. The van der Waals surface area contributed by atoms with Gasteiger partial charge in [0.25, 0.3) is 5.91 Å². The van der Waals surface area contributed by atoms with Crippen LogP contribution in [0.3, 0.4) is 0 Å². The van der Waals surface area contributed by atoms with E-state index in [9.17, 15) is 13.6 Å². The third-order valence-electron chi connectivity index (χ3n) is 6.68. The van der Waals surface area contributed by atoms with E-state index in [1.165, 1.54) is 25.4 Å². The first-order valence-corrected chi connectivity index (χ1v) is 12.2. The molecule has 1 aliphatic rings. The molecule has 2 aromatic heterocycles. The number of hydrogen-bond acceptors (Lipinski definition) is 6. The number of aromatic nitrogens is 3. The van der Waals surface area contributed by atoms with Crippen LogP contribution < -0.4 is 20.7 Å². The Balaban J connectivity index is 1.40. The molecule has 1 aliphatic heterocycles. The minimum Gasteiger partial charge on any atom is -0.494 e. The van der Waals surface area contributed by atoms with Crippen LogP contribution in [0.1, 0.15) is 29.3 Å². The number of nitrogens with zero attached hydrogens (tertiary/aromatic N) is 3. The van der Waals surface area contributed by atoms with Crippen molar-refractivity contribution in [2.24, 2.45) is 5.92 Å². The van der Waals surface area contributed by atoms with E-state index in [-0.39, 0.29) is 17.2 Å². The summed E-state index contributed by atoms with van der Waals surface area (Å²) >= 11 is 0. The quantitative estimate of drug-likeness (QED) is 0.330. The van der Waals surface area contributed by atoms with E-state index in [4.69, 9.17) is 4.74 Å². The van der Waals surface area contributed by atoms with Gasteiger partial charge in [0.1, 0.15) is 0 Å². The number of halogens is 2. The molecule has 0 radical (unpaired) electrons. The predicted octanol–water partition coefficient (Wildman–Crippen LogP) is 4.33. The number of amides is 1. The zero-order chi connectivity index (χ0) is 25.9. The fourth-order valence-corrected chi connectivity index (χ4v) is 4.64. The van der Waals surface area contributed by atoms with Gasteiger partial charge in [-0.15, -0.1) is 0 Å². The maximum Gasteiger partial charge on any atom is 0.251 e. The molecule has 1 saturated heterocycles. The number of anilines is 2. The van der Waals surface area contributed by atoms with Gasteiger partial charge in [-0.2, -0.15) is 4.39 Å². The fraction of sp³-hybridized carbons (Fsp3) is 0.296. The summed E-state index contributed by atoms with van der Waals surface area (Å²) in [6.07, 6.45) is 6.40. The van der Waals surface area contributed by atoms with E-state index < -0.39 is 11.6 Å². The van der Waals surface area contributed by atoms with Crippen molar-refractivity contribution in [3.8, 4) is 17.0 Å². The molecular formula is C27H28F2N6O2. The van der Waals surface area contributed by atoms with Gasteiger partial charge in [0.05, 0.1) is 19.0 Å². The Hall–Kier alpha value is -4.05. The molecule has 1 atom stereocenters. The lowest BCUT2D eigenvalue weighted by molar-refractivity contribution is 0.0947. The van der Waals surface area contributed by atoms with Crippen LogP contribution in [0.5, 0.6) is 5.75 Å². The summed E-state index contributed by atoms with van der Waals surface area (Å²) in [4.78, 5) is 21.6. The Kier molecular flexibility index (Phi) is 7.00. The first-order valence-electron chi connectivity index (χ1n) is 12.2. The SMILES string of the molecule is CCc1cc(Nc2nccn3c(-c4ccc(OC)c(F)c4F)cnc23)ccc1C(=O)NC[C@@H]1CCNC1. The number of ether oxygens (including phenoxy) is 1. The molecule has 0 bridgehead atoms. The van der Waals surface area contributed by atoms with Crippen molar-refractivity contribution in [2.75, 3.05) is 32.1 Å². The zero-order valence-corrected chi connectivity index (χ0v) is 20.6. The molecule has 1 amide bonds. The summed E-state index contributed by atoms with van der Waals surface area (Å²) in [5.74, 6) is -1.42. The van der Waals surface area contributed by atoms with Crippen molar-refractivity contribution < 1.29 is 18.3 Å². The van der Waals surface area contributed by atoms with E-state index in [0.717, 1.165) is 30.8 Å². The van der Waals surface area contributed by atoms with Gasteiger partial charge in [-0.25, -0.2) is 14.4 Å². The number of benzene rings is 2. The van der Waals surface area contributed by atoms with Crippen LogP contribution in [0.2, 0.25) is 0 Å². The Labute approximate surface area is 213 Å². The Morgan fingerprint density at radius 2 is 2.08 bits per heavy atom. The lowest BCUT2D eigenvalue weighted by Gasteiger charge is -2.14. The number of aryl methyl sites for hydroxylation is 1. The van der Waals surface area contributed by atoms with Crippen molar-refractivity contribution in [3.05, 3.63) is 71.7 Å². The number of nitrogens with one attached hydrogen (secondary N) is 3. The Morgan fingerprint density at radius 1 is 1.22 bits per heavy atom. The second-order valence-corrected chi connectivity index (χ2v) is 8.98. The molecule has 0 aliphatic carbocycles. The summed E-state index contributed by atoms with van der Waals surface area (Å²) in [7, 11) is 1.28. The molecule has 0 unspecified atom stereocenters. The highest BCUT2D eigenvalue weighted by Gasteiger charge is 2.20. The number of rotatable bonds is 8. The molecular weight excluding hydrogens is 478 g/mol. The Bertz CT molecular complexity index is 1450. The first kappa shape index (κ1) is 24.6. The van der Waals surface area contributed by atoms with Gasteiger partial charge in [0.15, 0.2) is 23.0 Å². The van der Waals surface area contributed by atoms with E-state index in [0.29, 0.717) is 41.6 Å². The lowest BCUT2D eigenvalue weighted by Crippen LogP contribution is -2.30. The monoisotopic (exact) mass is 506 g/mol. The summed E-state index contributed by atoms with van der Waals surface area (Å²) in [6, 6.07) is 8.37. The predicted molar refractivity (Wildman–Crippen MR) is 137 cm³/mol. The van der Waals surface area contributed by atoms with E-state index >= 15 is 0 Å². The van der Waals surface area contributed by atoms with Crippen LogP contribution in [-0.2, 0) is 6.42 Å². The van der Waals surface area contributed by atoms with E-state index in [1.807, 2.05) is 19.1 Å². The van der Waals surface area contributed by atoms with Gasteiger partial charge >= 0.3 is 0 Å². The van der Waals surface area contributed by atoms with Crippen LogP contribution in [0.4, 0.5) is 20.3 Å². The highest BCUT2D eigenvalue weighted by molar-refractivity contribution is 5.96. The molecule has 2 aromatic carbocycles. The summed E-state index contributed by atoms with van der Waals surface area (Å²) in [5, 5.41) is 9.61. The molecule has 4 aromatic rings. The summed E-state index contributed by atoms with van der Waals surface area (Å²) < 4.78 is 35.6. The second kappa shape index (κ2) is 10.5. The fourth-order valence-electron chi connectivity index (χ4n) is 4.64. The third-order valence-corrected chi connectivity index (χ3v) is 6.68. The number of fused-ring (bicyclic) bond motifs is 1.